The van der Waals surface area contributed by atoms with Crippen LogP contribution in [0.15, 0.2) is 17.8 Å². The molecular formula is C11H9ClFN3O3. The van der Waals surface area contributed by atoms with E-state index in [4.69, 9.17) is 21.9 Å². The number of methoxy groups -OCH3 is 2. The van der Waals surface area contributed by atoms with Gasteiger partial charge in [0.05, 0.1) is 30.5 Å². The second-order valence-corrected chi connectivity index (χ2v) is 3.64. The summed E-state index contributed by atoms with van der Waals surface area (Å²) in [5.41, 5.74) is 8.05. The summed E-state index contributed by atoms with van der Waals surface area (Å²) in [5, 5.41) is 2.82. The average Bonchev–Trinajstić information content (AvgIpc) is 2.42. The highest BCUT2D eigenvalue weighted by Gasteiger charge is 2.22. The molecule has 0 spiro atoms. The summed E-state index contributed by atoms with van der Waals surface area (Å²) in [6.45, 7) is 3.48. The molecule has 0 N–H and O–H groups in total. The van der Waals surface area contributed by atoms with Crippen molar-refractivity contribution in [2.24, 2.45) is 5.11 Å². The number of halogens is 2. The minimum Gasteiger partial charge on any atom is -0.493 e. The van der Waals surface area contributed by atoms with Crippen LogP contribution in [0, 0.1) is 5.82 Å². The molecule has 0 aliphatic carbocycles. The van der Waals surface area contributed by atoms with Crippen molar-refractivity contribution < 1.29 is 18.7 Å². The topological polar surface area (TPSA) is 84.3 Å². The number of esters is 1. The molecule has 1 aromatic carbocycles. The van der Waals surface area contributed by atoms with Crippen LogP contribution in [-0.2, 0) is 9.53 Å². The van der Waals surface area contributed by atoms with Crippen molar-refractivity contribution in [3.63, 3.8) is 0 Å². The van der Waals surface area contributed by atoms with Crippen LogP contribution >= 0.6 is 11.6 Å². The van der Waals surface area contributed by atoms with Gasteiger partial charge in [0.15, 0.2) is 11.6 Å². The monoisotopic (exact) mass is 285 g/mol. The normalized spacial score (nSPS) is 9.47. The molecule has 0 unspecified atom stereocenters. The lowest BCUT2D eigenvalue weighted by atomic mass is 10.1. The van der Waals surface area contributed by atoms with Gasteiger partial charge < -0.3 is 9.47 Å². The Labute approximate surface area is 113 Å². The van der Waals surface area contributed by atoms with Crippen molar-refractivity contribution in [3.05, 3.63) is 39.5 Å². The number of hydrogen-bond donors (Lipinski definition) is 0. The van der Waals surface area contributed by atoms with Gasteiger partial charge in [-0.05, 0) is 11.6 Å². The lowest BCUT2D eigenvalue weighted by Gasteiger charge is -2.13. The standard InChI is InChI=1S/C11H9ClFN3O3/c1-5(11(17)19-3)6-4-7(15-16-14)8(12)9(13)10(6)18-2/h4H,1H2,2-3H3. The van der Waals surface area contributed by atoms with Gasteiger partial charge in [0.25, 0.3) is 0 Å². The van der Waals surface area contributed by atoms with Gasteiger partial charge in [-0.3, -0.25) is 0 Å². The van der Waals surface area contributed by atoms with Crippen LogP contribution in [0.5, 0.6) is 5.75 Å². The molecule has 0 aliphatic rings. The molecule has 0 saturated carbocycles. The van der Waals surface area contributed by atoms with Crippen LogP contribution in [0.1, 0.15) is 5.56 Å². The molecule has 100 valence electrons. The van der Waals surface area contributed by atoms with E-state index in [0.717, 1.165) is 7.11 Å². The minimum absolute atomic E-state index is 0.00125. The van der Waals surface area contributed by atoms with Crippen molar-refractivity contribution in [3.8, 4) is 5.75 Å². The van der Waals surface area contributed by atoms with Gasteiger partial charge in [0, 0.05) is 10.5 Å². The third-order valence-electron chi connectivity index (χ3n) is 2.26. The maximum atomic E-state index is 13.9. The Bertz CT molecular complexity index is 597. The summed E-state index contributed by atoms with van der Waals surface area (Å²) in [6.07, 6.45) is 0. The highest BCUT2D eigenvalue weighted by atomic mass is 35.5. The number of rotatable bonds is 4. The van der Waals surface area contributed by atoms with E-state index in [-0.39, 0.29) is 22.6 Å². The molecule has 0 radical (unpaired) electrons. The van der Waals surface area contributed by atoms with Crippen LogP contribution in [0.3, 0.4) is 0 Å². The molecule has 0 heterocycles. The lowest BCUT2D eigenvalue weighted by molar-refractivity contribution is -0.133. The van der Waals surface area contributed by atoms with E-state index in [1.807, 2.05) is 0 Å². The second-order valence-electron chi connectivity index (χ2n) is 3.26. The van der Waals surface area contributed by atoms with Crippen LogP contribution in [0.4, 0.5) is 10.1 Å². The Morgan fingerprint density at radius 3 is 2.68 bits per heavy atom. The molecule has 0 saturated heterocycles. The summed E-state index contributed by atoms with van der Waals surface area (Å²) < 4.78 is 23.3. The van der Waals surface area contributed by atoms with Gasteiger partial charge in [0.2, 0.25) is 0 Å². The molecule has 1 aromatic rings. The maximum absolute atomic E-state index is 13.9. The van der Waals surface area contributed by atoms with Crippen LogP contribution in [-0.4, -0.2) is 20.2 Å². The first-order valence-electron chi connectivity index (χ1n) is 4.86. The SMILES string of the molecule is C=C(C(=O)OC)c1cc(N=[N+]=[N-])c(Cl)c(F)c1OC. The zero-order valence-electron chi connectivity index (χ0n) is 10.1. The van der Waals surface area contributed by atoms with E-state index in [1.165, 1.54) is 13.2 Å². The zero-order chi connectivity index (χ0) is 14.6. The summed E-state index contributed by atoms with van der Waals surface area (Å²) in [7, 11) is 2.36. The molecule has 0 fully saturated rings. The fraction of sp³-hybridized carbons (Fsp3) is 0.182. The Balaban J connectivity index is 3.58. The van der Waals surface area contributed by atoms with Crippen molar-refractivity contribution >= 4 is 28.8 Å². The number of nitrogens with zero attached hydrogens (tertiary/aromatic N) is 3. The Morgan fingerprint density at radius 1 is 1.58 bits per heavy atom. The molecule has 0 atom stereocenters. The quantitative estimate of drug-likeness (QED) is 0.278. The van der Waals surface area contributed by atoms with Crippen molar-refractivity contribution in [1.29, 1.82) is 0 Å². The third-order valence-corrected chi connectivity index (χ3v) is 2.62. The largest absolute Gasteiger partial charge is 0.493 e. The van der Waals surface area contributed by atoms with E-state index in [1.54, 1.807) is 0 Å². The van der Waals surface area contributed by atoms with Crippen LogP contribution in [0.2, 0.25) is 5.02 Å². The highest BCUT2D eigenvalue weighted by Crippen LogP contribution is 2.39. The Morgan fingerprint density at radius 2 is 2.21 bits per heavy atom. The predicted molar refractivity (Wildman–Crippen MR) is 67.8 cm³/mol. The Kier molecular flexibility index (Phi) is 4.74. The van der Waals surface area contributed by atoms with E-state index >= 15 is 0 Å². The van der Waals surface area contributed by atoms with Crippen molar-refractivity contribution in [2.45, 2.75) is 0 Å². The zero-order valence-corrected chi connectivity index (χ0v) is 10.9. The third kappa shape index (κ3) is 2.78. The van der Waals surface area contributed by atoms with E-state index in [9.17, 15) is 9.18 Å². The van der Waals surface area contributed by atoms with Gasteiger partial charge in [0.1, 0.15) is 0 Å². The molecule has 1 rings (SSSR count). The molecule has 0 aliphatic heterocycles. The number of carbonyl (C=O) groups excluding carboxylic acids is 1. The summed E-state index contributed by atoms with van der Waals surface area (Å²) in [5.74, 6) is -2.00. The fourth-order valence-corrected chi connectivity index (χ4v) is 1.55. The van der Waals surface area contributed by atoms with E-state index in [0.29, 0.717) is 0 Å². The number of carbonyl (C=O) groups is 1. The van der Waals surface area contributed by atoms with Crippen LogP contribution in [0.25, 0.3) is 16.0 Å². The predicted octanol–water partition coefficient (Wildman–Crippen LogP) is 3.62. The first-order chi connectivity index (χ1) is 8.97. The number of hydrogen-bond acceptors (Lipinski definition) is 4. The smallest absolute Gasteiger partial charge is 0.337 e. The van der Waals surface area contributed by atoms with Gasteiger partial charge in [-0.1, -0.05) is 23.3 Å². The molecule has 0 aromatic heterocycles. The molecule has 0 amide bonds. The van der Waals surface area contributed by atoms with Gasteiger partial charge >= 0.3 is 5.97 Å². The second kappa shape index (κ2) is 6.08. The maximum Gasteiger partial charge on any atom is 0.337 e. The van der Waals surface area contributed by atoms with Crippen molar-refractivity contribution in [2.75, 3.05) is 14.2 Å². The highest BCUT2D eigenvalue weighted by molar-refractivity contribution is 6.33. The van der Waals surface area contributed by atoms with Crippen molar-refractivity contribution in [1.82, 2.24) is 0 Å². The minimum atomic E-state index is -0.950. The Hall–Kier alpha value is -2.24. The van der Waals surface area contributed by atoms with Crippen LogP contribution < -0.4 is 4.74 Å². The average molecular weight is 286 g/mol. The summed E-state index contributed by atoms with van der Waals surface area (Å²) in [4.78, 5) is 13.9. The molecule has 0 bridgehead atoms. The van der Waals surface area contributed by atoms with Gasteiger partial charge in [-0.25, -0.2) is 9.18 Å². The van der Waals surface area contributed by atoms with E-state index in [2.05, 4.69) is 21.3 Å². The first kappa shape index (κ1) is 14.8. The van der Waals surface area contributed by atoms with E-state index < -0.39 is 16.8 Å². The summed E-state index contributed by atoms with van der Waals surface area (Å²) >= 11 is 5.68. The molecular weight excluding hydrogens is 277 g/mol. The fourth-order valence-electron chi connectivity index (χ4n) is 1.37. The number of ether oxygens (including phenoxy) is 2. The molecule has 8 heteroatoms. The molecule has 6 nitrogen and oxygen atoms in total. The summed E-state index contributed by atoms with van der Waals surface area (Å²) in [6, 6.07) is 1.20. The first-order valence-corrected chi connectivity index (χ1v) is 5.24. The van der Waals surface area contributed by atoms with Gasteiger partial charge in [-0.2, -0.15) is 0 Å². The van der Waals surface area contributed by atoms with Gasteiger partial charge in [-0.15, -0.1) is 0 Å². The molecule has 19 heavy (non-hydrogen) atoms. The lowest BCUT2D eigenvalue weighted by Crippen LogP contribution is -2.05. The number of azide groups is 1. The number of benzene rings is 1.